The fourth-order valence-electron chi connectivity index (χ4n) is 3.74. The Bertz CT molecular complexity index is 1050. The van der Waals surface area contributed by atoms with Gasteiger partial charge in [-0.2, -0.15) is 0 Å². The second kappa shape index (κ2) is 8.04. The van der Waals surface area contributed by atoms with Gasteiger partial charge in [-0.3, -0.25) is 0 Å². The summed E-state index contributed by atoms with van der Waals surface area (Å²) >= 11 is 12.0. The molecule has 2 aromatic carbocycles. The average molecular weight is 471 g/mol. The van der Waals surface area contributed by atoms with E-state index in [9.17, 15) is 13.2 Å². The van der Waals surface area contributed by atoms with E-state index in [-0.39, 0.29) is 11.4 Å². The molecule has 1 saturated carbocycles. The number of nitrogens with one attached hydrogen (secondary N) is 1. The van der Waals surface area contributed by atoms with E-state index in [1.807, 2.05) is 0 Å². The molecule has 3 N–H and O–H groups in total. The van der Waals surface area contributed by atoms with Gasteiger partial charge in [-0.25, -0.2) is 13.2 Å². The van der Waals surface area contributed by atoms with E-state index in [1.165, 1.54) is 24.3 Å². The molecule has 6 nitrogen and oxygen atoms in total. The molecule has 0 radical (unpaired) electrons. The molecule has 0 heterocycles. The van der Waals surface area contributed by atoms with Crippen LogP contribution < -0.4 is 11.1 Å². The molecule has 9 heteroatoms. The number of rotatable bonds is 5. The first-order valence-corrected chi connectivity index (χ1v) is 11.7. The van der Waals surface area contributed by atoms with E-state index in [4.69, 9.17) is 33.7 Å². The van der Waals surface area contributed by atoms with Gasteiger partial charge in [-0.05, 0) is 62.7 Å². The molecular weight excluding hydrogens is 447 g/mol. The third kappa shape index (κ3) is 4.44. The lowest BCUT2D eigenvalue weighted by Gasteiger charge is -2.24. The van der Waals surface area contributed by atoms with Crippen LogP contribution in [0, 0.1) is 0 Å². The van der Waals surface area contributed by atoms with Crippen LogP contribution in [0.25, 0.3) is 0 Å². The summed E-state index contributed by atoms with van der Waals surface area (Å²) in [6.45, 7) is 5.09. The van der Waals surface area contributed by atoms with E-state index in [0.29, 0.717) is 15.6 Å². The maximum atomic E-state index is 13.5. The molecule has 3 rings (SSSR count). The lowest BCUT2D eigenvalue weighted by atomic mass is 10.1. The Morgan fingerprint density at radius 3 is 2.30 bits per heavy atom. The monoisotopic (exact) mass is 470 g/mol. The van der Waals surface area contributed by atoms with E-state index in [2.05, 4.69) is 5.32 Å². The van der Waals surface area contributed by atoms with Crippen molar-refractivity contribution in [3.63, 3.8) is 0 Å². The minimum atomic E-state index is -3.85. The number of alkyl carbamates (subject to hydrolysis) is 1. The van der Waals surface area contributed by atoms with Gasteiger partial charge in [0.15, 0.2) is 9.84 Å². The maximum Gasteiger partial charge on any atom is 0.408 e. The van der Waals surface area contributed by atoms with Gasteiger partial charge in [0, 0.05) is 22.5 Å². The standard InChI is InChI=1S/C21H24Cl2N2O4S/c1-20(2,3)29-19(26)25-21(12-24)17(13-5-4-6-15(23)11-13)18(21)30(27,28)16-9-7-14(22)8-10-16/h4-11,17-18H,12,24H2,1-3H3,(H,25,26)/t17-,18-,21+/m0/s1. The van der Waals surface area contributed by atoms with Crippen LogP contribution >= 0.6 is 23.2 Å². The van der Waals surface area contributed by atoms with Gasteiger partial charge >= 0.3 is 6.09 Å². The van der Waals surface area contributed by atoms with E-state index in [1.54, 1.807) is 45.0 Å². The Labute approximate surface area is 186 Å². The van der Waals surface area contributed by atoms with Crippen LogP contribution in [0.1, 0.15) is 32.3 Å². The fourth-order valence-corrected chi connectivity index (χ4v) is 6.41. The SMILES string of the molecule is CC(C)(C)OC(=O)N[C@]1(CN)[C@@H](c2cccc(Cl)c2)[C@@H]1S(=O)(=O)c1ccc(Cl)cc1. The van der Waals surface area contributed by atoms with Crippen LogP contribution in [0.15, 0.2) is 53.4 Å². The van der Waals surface area contributed by atoms with Crippen molar-refractivity contribution in [1.29, 1.82) is 0 Å². The topological polar surface area (TPSA) is 98.5 Å². The highest BCUT2D eigenvalue weighted by Gasteiger charge is 2.71. The average Bonchev–Trinajstić information content (AvgIpc) is 3.30. The van der Waals surface area contributed by atoms with Crippen LogP contribution in [0.4, 0.5) is 4.79 Å². The van der Waals surface area contributed by atoms with Gasteiger partial charge in [-0.1, -0.05) is 35.3 Å². The molecule has 1 aliphatic rings. The molecule has 0 spiro atoms. The van der Waals surface area contributed by atoms with Gasteiger partial charge in [0.25, 0.3) is 0 Å². The molecule has 162 valence electrons. The fraction of sp³-hybridized carbons (Fsp3) is 0.381. The highest BCUT2D eigenvalue weighted by Crippen LogP contribution is 2.57. The van der Waals surface area contributed by atoms with Gasteiger partial charge in [0.2, 0.25) is 0 Å². The van der Waals surface area contributed by atoms with Crippen molar-refractivity contribution in [1.82, 2.24) is 5.32 Å². The zero-order chi connectivity index (χ0) is 22.3. The summed E-state index contributed by atoms with van der Waals surface area (Å²) in [4.78, 5) is 12.6. The number of amides is 1. The first-order chi connectivity index (χ1) is 13.9. The Morgan fingerprint density at radius 1 is 1.13 bits per heavy atom. The number of carbonyl (C=O) groups is 1. The van der Waals surface area contributed by atoms with Gasteiger partial charge in [0.1, 0.15) is 10.9 Å². The lowest BCUT2D eigenvalue weighted by Crippen LogP contribution is -2.49. The van der Waals surface area contributed by atoms with Crippen LogP contribution in [0.3, 0.4) is 0 Å². The first-order valence-electron chi connectivity index (χ1n) is 9.37. The largest absolute Gasteiger partial charge is 0.444 e. The molecule has 0 unspecified atom stereocenters. The third-order valence-corrected chi connectivity index (χ3v) is 7.79. The highest BCUT2D eigenvalue weighted by molar-refractivity contribution is 7.92. The summed E-state index contributed by atoms with van der Waals surface area (Å²) in [5.74, 6) is -0.589. The Morgan fingerprint density at radius 2 is 1.77 bits per heavy atom. The summed E-state index contributed by atoms with van der Waals surface area (Å²) in [5, 5.41) is 2.65. The van der Waals surface area contributed by atoms with E-state index < -0.39 is 38.2 Å². The smallest absolute Gasteiger partial charge is 0.408 e. The zero-order valence-electron chi connectivity index (χ0n) is 16.9. The molecule has 1 amide bonds. The van der Waals surface area contributed by atoms with Crippen LogP contribution in [0.2, 0.25) is 10.0 Å². The Hall–Kier alpha value is -1.80. The molecule has 1 fully saturated rings. The van der Waals surface area contributed by atoms with Crippen molar-refractivity contribution >= 4 is 39.1 Å². The van der Waals surface area contributed by atoms with Crippen LogP contribution in [-0.4, -0.2) is 37.4 Å². The summed E-state index contributed by atoms with van der Waals surface area (Å²) in [6.07, 6.45) is -0.728. The van der Waals surface area contributed by atoms with Gasteiger partial charge in [-0.15, -0.1) is 0 Å². The number of hydrogen-bond donors (Lipinski definition) is 2. The normalized spacial score (nSPS) is 23.7. The molecule has 3 atom stereocenters. The second-order valence-corrected chi connectivity index (χ2v) is 11.3. The molecule has 1 aliphatic carbocycles. The zero-order valence-corrected chi connectivity index (χ0v) is 19.2. The molecule has 2 aromatic rings. The van der Waals surface area contributed by atoms with Crippen LogP contribution in [-0.2, 0) is 14.6 Å². The summed E-state index contributed by atoms with van der Waals surface area (Å²) < 4.78 is 32.3. The molecule has 0 aliphatic heterocycles. The Balaban J connectivity index is 2.05. The minimum Gasteiger partial charge on any atom is -0.444 e. The Kier molecular flexibility index (Phi) is 6.13. The van der Waals surface area contributed by atoms with Gasteiger partial charge in [0.05, 0.1) is 10.4 Å². The third-order valence-electron chi connectivity index (χ3n) is 5.01. The van der Waals surface area contributed by atoms with Crippen LogP contribution in [0.5, 0.6) is 0 Å². The quantitative estimate of drug-likeness (QED) is 0.683. The highest BCUT2D eigenvalue weighted by atomic mass is 35.5. The minimum absolute atomic E-state index is 0.0963. The first kappa shape index (κ1) is 22.9. The van der Waals surface area contributed by atoms with E-state index in [0.717, 1.165) is 0 Å². The number of sulfone groups is 1. The van der Waals surface area contributed by atoms with Crippen molar-refractivity contribution < 1.29 is 17.9 Å². The number of benzene rings is 2. The molecular formula is C21H24Cl2N2O4S. The maximum absolute atomic E-state index is 13.5. The summed E-state index contributed by atoms with van der Waals surface area (Å²) in [5.41, 5.74) is 4.74. The number of nitrogens with two attached hydrogens (primary N) is 1. The predicted octanol–water partition coefficient (Wildman–Crippen LogP) is 4.16. The number of halogens is 2. The molecule has 0 bridgehead atoms. The van der Waals surface area contributed by atoms with Crippen molar-refractivity contribution in [3.05, 3.63) is 64.1 Å². The second-order valence-electron chi connectivity index (χ2n) is 8.32. The lowest BCUT2D eigenvalue weighted by molar-refractivity contribution is 0.0497. The molecule has 30 heavy (non-hydrogen) atoms. The summed E-state index contributed by atoms with van der Waals surface area (Å²) in [7, 11) is -3.85. The molecule has 0 saturated heterocycles. The van der Waals surface area contributed by atoms with Crippen molar-refractivity contribution in [2.45, 2.75) is 48.0 Å². The molecule has 0 aromatic heterocycles. The van der Waals surface area contributed by atoms with Gasteiger partial charge < -0.3 is 15.8 Å². The number of carbonyl (C=O) groups excluding carboxylic acids is 1. The number of hydrogen-bond acceptors (Lipinski definition) is 5. The predicted molar refractivity (Wildman–Crippen MR) is 118 cm³/mol. The van der Waals surface area contributed by atoms with Crippen molar-refractivity contribution in [2.75, 3.05) is 6.54 Å². The van der Waals surface area contributed by atoms with Crippen molar-refractivity contribution in [3.8, 4) is 0 Å². The van der Waals surface area contributed by atoms with E-state index >= 15 is 0 Å². The van der Waals surface area contributed by atoms with Crippen molar-refractivity contribution in [2.24, 2.45) is 5.73 Å². The number of ether oxygens (including phenoxy) is 1. The summed E-state index contributed by atoms with van der Waals surface area (Å²) in [6, 6.07) is 12.8.